The van der Waals surface area contributed by atoms with Crippen LogP contribution in [0.15, 0.2) is 65.1 Å². The summed E-state index contributed by atoms with van der Waals surface area (Å²) in [6, 6.07) is 17.3. The lowest BCUT2D eigenvalue weighted by atomic mass is 10.1. The summed E-state index contributed by atoms with van der Waals surface area (Å²) in [4.78, 5) is 25.1. The molecule has 7 heteroatoms. The fraction of sp³-hybridized carbons (Fsp3) is 0.190. The normalized spacial score (nSPS) is 15.8. The third-order valence-corrected chi connectivity index (χ3v) is 4.75. The molecular formula is C21H19N3O4. The molecule has 0 saturated heterocycles. The van der Waals surface area contributed by atoms with Crippen LogP contribution in [0.2, 0.25) is 0 Å². The van der Waals surface area contributed by atoms with E-state index in [1.807, 2.05) is 43.3 Å². The van der Waals surface area contributed by atoms with Crippen LogP contribution >= 0.6 is 0 Å². The molecule has 3 aromatic rings. The van der Waals surface area contributed by atoms with Crippen molar-refractivity contribution in [3.63, 3.8) is 0 Å². The van der Waals surface area contributed by atoms with Gasteiger partial charge in [0.1, 0.15) is 11.5 Å². The molecule has 1 N–H and O–H groups in total. The molecule has 1 unspecified atom stereocenters. The molecule has 1 aliphatic heterocycles. The highest BCUT2D eigenvalue weighted by atomic mass is 16.6. The molecule has 0 fully saturated rings. The Balaban J connectivity index is 1.66. The number of carbonyl (C=O) groups is 1. The lowest BCUT2D eigenvalue weighted by Gasteiger charge is -2.36. The maximum absolute atomic E-state index is 12.9. The van der Waals surface area contributed by atoms with Crippen LogP contribution in [-0.2, 0) is 0 Å². The summed E-state index contributed by atoms with van der Waals surface area (Å²) in [6.07, 6.45) is 0.413. The zero-order chi connectivity index (χ0) is 19.7. The first-order valence-corrected chi connectivity index (χ1v) is 9.09. The highest BCUT2D eigenvalue weighted by Crippen LogP contribution is 2.35. The number of amides is 1. The lowest BCUT2D eigenvalue weighted by molar-refractivity contribution is -0.384. The van der Waals surface area contributed by atoms with Crippen molar-refractivity contribution in [1.82, 2.24) is 4.90 Å². The van der Waals surface area contributed by atoms with Crippen LogP contribution in [0.5, 0.6) is 0 Å². The summed E-state index contributed by atoms with van der Waals surface area (Å²) in [6.45, 7) is 2.62. The Kier molecular flexibility index (Phi) is 4.57. The van der Waals surface area contributed by atoms with Gasteiger partial charge in [-0.3, -0.25) is 14.9 Å². The first kappa shape index (κ1) is 17.8. The number of nitrogens with one attached hydrogen (secondary N) is 1. The smallest absolute Gasteiger partial charge is 0.269 e. The number of non-ortho nitro benzene ring substituents is 1. The first-order valence-electron chi connectivity index (χ1n) is 9.09. The predicted molar refractivity (Wildman–Crippen MR) is 105 cm³/mol. The number of fused-ring (bicyclic) bond motifs is 1. The molecule has 28 heavy (non-hydrogen) atoms. The van der Waals surface area contributed by atoms with Gasteiger partial charge in [-0.2, -0.15) is 0 Å². The molecule has 0 radical (unpaired) electrons. The van der Waals surface area contributed by atoms with E-state index in [0.717, 1.165) is 17.7 Å². The largest absolute Gasteiger partial charge is 0.457 e. The number of para-hydroxylation sites is 1. The average Bonchev–Trinajstić information content (AvgIpc) is 3.20. The van der Waals surface area contributed by atoms with E-state index in [2.05, 4.69) is 5.32 Å². The van der Waals surface area contributed by atoms with E-state index in [9.17, 15) is 14.9 Å². The summed E-state index contributed by atoms with van der Waals surface area (Å²) in [5.74, 6) is 1.17. The van der Waals surface area contributed by atoms with E-state index in [1.165, 1.54) is 12.1 Å². The fourth-order valence-corrected chi connectivity index (χ4v) is 3.39. The van der Waals surface area contributed by atoms with Gasteiger partial charge in [-0.15, -0.1) is 0 Å². The van der Waals surface area contributed by atoms with Crippen molar-refractivity contribution in [1.29, 1.82) is 0 Å². The van der Waals surface area contributed by atoms with Crippen LogP contribution in [-0.4, -0.2) is 22.3 Å². The molecule has 0 saturated carbocycles. The number of hydrogen-bond acceptors (Lipinski definition) is 5. The maximum Gasteiger partial charge on any atom is 0.269 e. The Bertz CT molecular complexity index is 1030. The summed E-state index contributed by atoms with van der Waals surface area (Å²) < 4.78 is 6.02. The van der Waals surface area contributed by atoms with Gasteiger partial charge in [0.15, 0.2) is 6.17 Å². The van der Waals surface area contributed by atoms with Gasteiger partial charge in [0.25, 0.3) is 11.6 Å². The lowest BCUT2D eigenvalue weighted by Crippen LogP contribution is -2.43. The molecule has 142 valence electrons. The van der Waals surface area contributed by atoms with E-state index in [1.54, 1.807) is 17.0 Å². The predicted octanol–water partition coefficient (Wildman–Crippen LogP) is 4.83. The quantitative estimate of drug-likeness (QED) is 0.508. The number of furan rings is 1. The molecule has 1 atom stereocenters. The van der Waals surface area contributed by atoms with Crippen LogP contribution in [0.25, 0.3) is 11.3 Å². The van der Waals surface area contributed by atoms with Crippen LogP contribution < -0.4 is 5.32 Å². The Morgan fingerprint density at radius 3 is 2.57 bits per heavy atom. The maximum atomic E-state index is 12.9. The number of anilines is 1. The van der Waals surface area contributed by atoms with Crippen LogP contribution in [0.4, 0.5) is 11.4 Å². The third-order valence-electron chi connectivity index (χ3n) is 4.75. The SMILES string of the molecule is CCCN1C(=O)c2ccccc2NC1c1ccc(-c2ccc([N+](=O)[O-])cc2)o1. The number of nitro groups is 1. The second-order valence-corrected chi connectivity index (χ2v) is 6.60. The molecule has 0 spiro atoms. The number of rotatable bonds is 5. The molecule has 4 rings (SSSR count). The number of benzene rings is 2. The van der Waals surface area contributed by atoms with Gasteiger partial charge in [-0.25, -0.2) is 0 Å². The number of nitro benzene ring substituents is 1. The Morgan fingerprint density at radius 1 is 1.11 bits per heavy atom. The molecule has 2 heterocycles. The minimum atomic E-state index is -0.436. The van der Waals surface area contributed by atoms with Gasteiger partial charge < -0.3 is 14.6 Å². The van der Waals surface area contributed by atoms with Gasteiger partial charge in [0.05, 0.1) is 10.5 Å². The van der Waals surface area contributed by atoms with E-state index in [0.29, 0.717) is 23.6 Å². The van der Waals surface area contributed by atoms with Crippen LogP contribution in [0, 0.1) is 10.1 Å². The second-order valence-electron chi connectivity index (χ2n) is 6.60. The second kappa shape index (κ2) is 7.19. The summed E-state index contributed by atoms with van der Waals surface area (Å²) >= 11 is 0. The fourth-order valence-electron chi connectivity index (χ4n) is 3.39. The van der Waals surface area contributed by atoms with E-state index in [4.69, 9.17) is 4.42 Å². The number of nitrogens with zero attached hydrogens (tertiary/aromatic N) is 2. The number of hydrogen-bond donors (Lipinski definition) is 1. The van der Waals surface area contributed by atoms with Crippen molar-refractivity contribution in [2.45, 2.75) is 19.5 Å². The number of carbonyl (C=O) groups excluding carboxylic acids is 1. The van der Waals surface area contributed by atoms with E-state index in [-0.39, 0.29) is 11.6 Å². The summed E-state index contributed by atoms with van der Waals surface area (Å²) in [7, 11) is 0. The van der Waals surface area contributed by atoms with Gasteiger partial charge in [-0.1, -0.05) is 19.1 Å². The molecule has 0 bridgehead atoms. The Labute approximate surface area is 161 Å². The van der Waals surface area contributed by atoms with E-state index < -0.39 is 11.1 Å². The minimum Gasteiger partial charge on any atom is -0.457 e. The van der Waals surface area contributed by atoms with Crippen molar-refractivity contribution in [3.05, 3.63) is 82.1 Å². The van der Waals surface area contributed by atoms with Crippen molar-refractivity contribution < 1.29 is 14.1 Å². The van der Waals surface area contributed by atoms with Gasteiger partial charge in [-0.05, 0) is 42.8 Å². The Morgan fingerprint density at radius 2 is 1.86 bits per heavy atom. The van der Waals surface area contributed by atoms with Crippen LogP contribution in [0.1, 0.15) is 35.6 Å². The molecule has 1 aromatic heterocycles. The zero-order valence-electron chi connectivity index (χ0n) is 15.3. The van der Waals surface area contributed by atoms with Crippen molar-refractivity contribution in [3.8, 4) is 11.3 Å². The van der Waals surface area contributed by atoms with Crippen LogP contribution in [0.3, 0.4) is 0 Å². The Hall–Kier alpha value is -3.61. The van der Waals surface area contributed by atoms with Gasteiger partial charge >= 0.3 is 0 Å². The summed E-state index contributed by atoms with van der Waals surface area (Å²) in [5.41, 5.74) is 2.19. The first-order chi connectivity index (χ1) is 13.6. The third kappa shape index (κ3) is 3.11. The molecule has 1 amide bonds. The van der Waals surface area contributed by atoms with Crippen molar-refractivity contribution >= 4 is 17.3 Å². The molecule has 7 nitrogen and oxygen atoms in total. The highest BCUT2D eigenvalue weighted by Gasteiger charge is 2.34. The standard InChI is InChI=1S/C21H19N3O4/c1-2-13-23-20(22-17-6-4-3-5-16(17)21(23)25)19-12-11-18(28-19)14-7-9-15(10-8-14)24(26)27/h3-12,20,22H,2,13H2,1H3. The van der Waals surface area contributed by atoms with Crippen molar-refractivity contribution in [2.75, 3.05) is 11.9 Å². The zero-order valence-corrected chi connectivity index (χ0v) is 15.3. The highest BCUT2D eigenvalue weighted by molar-refractivity contribution is 6.01. The monoisotopic (exact) mass is 377 g/mol. The van der Waals surface area contributed by atoms with Gasteiger partial charge in [0.2, 0.25) is 0 Å². The molecule has 1 aliphatic rings. The van der Waals surface area contributed by atoms with Crippen molar-refractivity contribution in [2.24, 2.45) is 0 Å². The average molecular weight is 377 g/mol. The minimum absolute atomic E-state index is 0.0285. The molecule has 2 aromatic carbocycles. The van der Waals surface area contributed by atoms with E-state index >= 15 is 0 Å². The summed E-state index contributed by atoms with van der Waals surface area (Å²) in [5, 5.41) is 14.2. The van der Waals surface area contributed by atoms with Gasteiger partial charge in [0, 0.05) is 29.9 Å². The molecular weight excluding hydrogens is 358 g/mol. The topological polar surface area (TPSA) is 88.6 Å². The molecule has 0 aliphatic carbocycles.